The molecule has 41 nitrogen and oxygen atoms in total. The average molecular weight is 1840 g/mol. The van der Waals surface area contributed by atoms with Crippen LogP contribution >= 0.6 is 97.7 Å². The van der Waals surface area contributed by atoms with Crippen LogP contribution in [-0.2, 0) is 159 Å². The van der Waals surface area contributed by atoms with Crippen LogP contribution < -0.4 is 42.5 Å². The minimum absolute atomic E-state index is 0.0103. The summed E-state index contributed by atoms with van der Waals surface area (Å²) in [6.45, 7) is -2.09. The molecule has 0 heterocycles. The quantitative estimate of drug-likeness (QED) is 0.00632. The number of thiocarbonyl (C=S) groups is 8. The lowest BCUT2D eigenvalue weighted by Gasteiger charge is -2.32. The van der Waals surface area contributed by atoms with E-state index in [-0.39, 0.29) is 126 Å². The largest absolute Gasteiger partial charge is 0.470 e. The summed E-state index contributed by atoms with van der Waals surface area (Å²) in [5.74, 6) is -5.00. The lowest BCUT2D eigenvalue weighted by molar-refractivity contribution is -0.448. The molecule has 0 aliphatic rings. The maximum absolute atomic E-state index is 15.0. The SMILES string of the molecule is CC(NC(=S)OCC(C)(COC(=S)NC(C)OOF)C(=O)OCC(COCC(COC(=O)C(C)(COC(=S)NCCOCCOF)COC(=S)NCCOCCOF)OC(=O)C(C)(COC(=S)NCCOCCOF)COC(=S)NCCOCCOF)OC(=O)C(C)(COC(=S)NC(C)OOF)COC(=S)NC(C)OOF)OOF. The molecule has 0 aliphatic heterocycles. The van der Waals surface area contributed by atoms with Crippen molar-refractivity contribution in [2.24, 2.45) is 21.7 Å². The molecule has 115 heavy (non-hydrogen) atoms. The Kier molecular flexibility index (Phi) is 62.7. The third-order valence-electron chi connectivity index (χ3n) is 13.4. The van der Waals surface area contributed by atoms with Gasteiger partial charge in [0.15, 0.2) is 37.1 Å². The first kappa shape index (κ1) is 109. The summed E-state index contributed by atoms with van der Waals surface area (Å²) in [6.07, 6.45) is -8.92. The van der Waals surface area contributed by atoms with Gasteiger partial charge in [-0.25, -0.2) is 0 Å². The van der Waals surface area contributed by atoms with Gasteiger partial charge in [0.25, 0.3) is 41.4 Å². The summed E-state index contributed by atoms with van der Waals surface area (Å²) in [5, 5.41) is 29.8. The predicted octanol–water partition coefficient (Wildman–Crippen LogP) is 3.45. The fourth-order valence-corrected chi connectivity index (χ4v) is 8.84. The number of rotatable bonds is 66. The van der Waals surface area contributed by atoms with Crippen molar-refractivity contribution >= 4 is 163 Å². The fourth-order valence-electron chi connectivity index (χ4n) is 7.29. The zero-order valence-corrected chi connectivity index (χ0v) is 69.6. The highest BCUT2D eigenvalue weighted by Gasteiger charge is 2.45. The second-order valence-electron chi connectivity index (χ2n) is 23.8. The highest BCUT2D eigenvalue weighted by atomic mass is 32.1. The van der Waals surface area contributed by atoms with Crippen LogP contribution in [0.5, 0.6) is 0 Å². The maximum Gasteiger partial charge on any atom is 0.319 e. The van der Waals surface area contributed by atoms with Gasteiger partial charge in [0, 0.05) is 26.2 Å². The summed E-state index contributed by atoms with van der Waals surface area (Å²) in [6, 6.07) is 0. The Hall–Kier alpha value is -5.84. The van der Waals surface area contributed by atoms with E-state index < -0.39 is 183 Å². The Morgan fingerprint density at radius 3 is 0.696 bits per heavy atom. The summed E-state index contributed by atoms with van der Waals surface area (Å²) in [7, 11) is 0. The summed E-state index contributed by atoms with van der Waals surface area (Å²) >= 11 is 42.2. The highest BCUT2D eigenvalue weighted by Crippen LogP contribution is 2.27. The number of halogens is 8. The van der Waals surface area contributed by atoms with Crippen molar-refractivity contribution < 1.29 is 196 Å². The second kappa shape index (κ2) is 66.0. The predicted molar refractivity (Wildman–Crippen MR) is 400 cm³/mol. The van der Waals surface area contributed by atoms with Crippen LogP contribution in [-0.4, -0.2) is 287 Å². The van der Waals surface area contributed by atoms with Crippen LogP contribution in [0.4, 0.5) is 36.2 Å². The van der Waals surface area contributed by atoms with Crippen LogP contribution in [0.3, 0.4) is 0 Å². The molecule has 6 atom stereocenters. The normalized spacial score (nSPS) is 13.9. The van der Waals surface area contributed by atoms with E-state index in [1.165, 1.54) is 55.4 Å². The van der Waals surface area contributed by atoms with E-state index in [0.29, 0.717) is 0 Å². The van der Waals surface area contributed by atoms with Gasteiger partial charge in [0.2, 0.25) is 0 Å². The number of carbonyl (C=O) groups excluding carboxylic acids is 4. The van der Waals surface area contributed by atoms with Crippen molar-refractivity contribution in [3.05, 3.63) is 0 Å². The molecule has 6 unspecified atom stereocenters. The summed E-state index contributed by atoms with van der Waals surface area (Å²) < 4.78 is 196. The molecule has 8 N–H and O–H groups in total. The Labute approximate surface area is 696 Å². The van der Waals surface area contributed by atoms with Crippen LogP contribution in [0, 0.1) is 21.7 Å². The maximum atomic E-state index is 15.0. The average Bonchev–Trinajstić information content (AvgIpc) is 0.845. The Morgan fingerprint density at radius 1 is 0.278 bits per heavy atom. The van der Waals surface area contributed by atoms with Gasteiger partial charge >= 0.3 is 23.9 Å². The third-order valence-corrected chi connectivity index (χ3v) is 15.4. The van der Waals surface area contributed by atoms with Gasteiger partial charge in [-0.15, -0.1) is 0 Å². The molecule has 0 aliphatic carbocycles. The fraction of sp³-hybridized carbons (Fsp3) is 0.793. The number of hydrogen-bond acceptors (Lipinski definition) is 41. The van der Waals surface area contributed by atoms with Crippen LogP contribution in [0.2, 0.25) is 0 Å². The molecular formula is C58H94F8N8O33S8. The van der Waals surface area contributed by atoms with Gasteiger partial charge in [0.05, 0.1) is 66.1 Å². The van der Waals surface area contributed by atoms with Gasteiger partial charge < -0.3 is 123 Å². The first-order valence-electron chi connectivity index (χ1n) is 33.5. The van der Waals surface area contributed by atoms with Crippen molar-refractivity contribution in [1.82, 2.24) is 42.5 Å². The van der Waals surface area contributed by atoms with Crippen molar-refractivity contribution in [3.8, 4) is 0 Å². The minimum Gasteiger partial charge on any atom is -0.470 e. The van der Waals surface area contributed by atoms with Crippen molar-refractivity contribution in [1.29, 1.82) is 0 Å². The topological polar surface area (TPSA) is 432 Å². The molecule has 0 aromatic carbocycles. The minimum atomic E-state index is -2.14. The second-order valence-corrected chi connectivity index (χ2v) is 26.8. The van der Waals surface area contributed by atoms with Crippen LogP contribution in [0.1, 0.15) is 55.4 Å². The summed E-state index contributed by atoms with van der Waals surface area (Å²) in [5.41, 5.74) is -8.16. The number of nitrogens with one attached hydrogen (secondary N) is 8. The molecule has 0 bridgehead atoms. The van der Waals surface area contributed by atoms with E-state index in [0.717, 1.165) is 0 Å². The van der Waals surface area contributed by atoms with Gasteiger partial charge in [-0.1, -0.05) is 0 Å². The zero-order valence-electron chi connectivity index (χ0n) is 63.0. The molecule has 0 amide bonds. The molecule has 668 valence electrons. The zero-order chi connectivity index (χ0) is 86.4. The van der Waals surface area contributed by atoms with Gasteiger partial charge in [-0.3, -0.25) is 19.2 Å². The molecule has 0 fully saturated rings. The molecule has 0 spiro atoms. The Bertz CT molecular complexity index is 2710. The third kappa shape index (κ3) is 54.1. The van der Waals surface area contributed by atoms with E-state index in [4.69, 9.17) is 178 Å². The standard InChI is InChI=1S/C58H94F8N8O33S8/c1-37(100-104-63)71-51(112)90-31-56(6,32-91-52(113)72-38(2)101-105-64)44(76)85-28-42(99-46(78)58(8,35-92-53(114)73-39(3)102-106-65)36-93-54(115)74-40(4)103-107-66)26-83-25-41(98-45(77)57(7,33-88-49(110)69-11-15-81-19-23-96-61)34-89-50(111)70-12-16-82-20-24-97-62)27-84-43(75)55(5,29-86-47(108)67-9-13-79-17-21-94-59)30-87-48(109)68-10-14-80-18-22-95-60/h37-42H,9-36H2,1-8H3,(H,67,108)(H,68,109)(H,69,110)(H,70,111)(H,71,112)(H,72,113)(H,73,114)(H,74,115). The van der Waals surface area contributed by atoms with Crippen molar-refractivity contribution in [2.75, 3.05) is 185 Å². The Morgan fingerprint density at radius 2 is 0.487 bits per heavy atom. The van der Waals surface area contributed by atoms with Gasteiger partial charge in [-0.05, 0) is 210 Å². The van der Waals surface area contributed by atoms with E-state index in [1.807, 2.05) is 0 Å². The molecule has 0 rings (SSSR count). The molecule has 0 saturated heterocycles. The molecule has 57 heteroatoms. The van der Waals surface area contributed by atoms with Gasteiger partial charge in [-0.2, -0.15) is 39.3 Å². The lowest BCUT2D eigenvalue weighted by atomic mass is 9.93. The smallest absolute Gasteiger partial charge is 0.319 e. The lowest BCUT2D eigenvalue weighted by Crippen LogP contribution is -2.47. The van der Waals surface area contributed by atoms with Crippen molar-refractivity contribution in [2.45, 2.75) is 92.5 Å². The number of carbonyl (C=O) groups is 4. The summed E-state index contributed by atoms with van der Waals surface area (Å²) in [4.78, 5) is 90.5. The highest BCUT2D eigenvalue weighted by molar-refractivity contribution is 7.81. The first-order valence-corrected chi connectivity index (χ1v) is 36.7. The number of hydrogen-bond donors (Lipinski definition) is 8. The van der Waals surface area contributed by atoms with E-state index >= 15 is 4.79 Å². The molecule has 0 aromatic heterocycles. The van der Waals surface area contributed by atoms with Crippen LogP contribution in [0.25, 0.3) is 0 Å². The molecular weight excluding hydrogens is 1750 g/mol. The van der Waals surface area contributed by atoms with E-state index in [9.17, 15) is 50.6 Å². The first-order chi connectivity index (χ1) is 54.8. The number of ether oxygens (including phenoxy) is 17. The monoisotopic (exact) mass is 1840 g/mol. The van der Waals surface area contributed by atoms with E-state index in [1.54, 1.807) is 0 Å². The van der Waals surface area contributed by atoms with Crippen molar-refractivity contribution in [3.63, 3.8) is 0 Å². The molecule has 0 aromatic rings. The van der Waals surface area contributed by atoms with E-state index in [2.05, 4.69) is 102 Å². The van der Waals surface area contributed by atoms with Gasteiger partial charge in [0.1, 0.15) is 114 Å². The number of esters is 4. The Balaban J connectivity index is 8.40. The molecule has 0 saturated carbocycles. The molecule has 0 radical (unpaired) electrons. The van der Waals surface area contributed by atoms with Crippen LogP contribution in [0.15, 0.2) is 0 Å².